The van der Waals surface area contributed by atoms with E-state index in [-0.39, 0.29) is 53.8 Å². The first-order chi connectivity index (χ1) is 14.6. The number of aromatic nitrogens is 2. The van der Waals surface area contributed by atoms with Crippen LogP contribution in [0.4, 0.5) is 0 Å². The SMILES string of the molecule is C.CCOC(=O)c1coc(-c2ccccc2)n1.O=C(O)c1coc(-c2ccccc2)n1.[Na+].[OH-]. The van der Waals surface area contributed by atoms with Crippen LogP contribution in [0.15, 0.2) is 82.0 Å². The summed E-state index contributed by atoms with van der Waals surface area (Å²) in [6.07, 6.45) is 2.44. The van der Waals surface area contributed by atoms with Crippen molar-refractivity contribution in [2.75, 3.05) is 6.61 Å². The van der Waals surface area contributed by atoms with Crippen molar-refractivity contribution in [2.24, 2.45) is 0 Å². The van der Waals surface area contributed by atoms with Gasteiger partial charge in [-0.25, -0.2) is 19.6 Å². The van der Waals surface area contributed by atoms with Crippen molar-refractivity contribution < 1.29 is 63.3 Å². The number of nitrogens with zero attached hydrogens (tertiary/aromatic N) is 2. The molecule has 0 aliphatic carbocycles. The summed E-state index contributed by atoms with van der Waals surface area (Å²) in [6, 6.07) is 18.5. The van der Waals surface area contributed by atoms with Crippen LogP contribution in [0.1, 0.15) is 35.3 Å². The van der Waals surface area contributed by atoms with Gasteiger partial charge in [0.25, 0.3) is 0 Å². The van der Waals surface area contributed by atoms with Gasteiger partial charge in [-0.15, -0.1) is 0 Å². The van der Waals surface area contributed by atoms with E-state index in [0.29, 0.717) is 18.4 Å². The Labute approximate surface area is 213 Å². The van der Waals surface area contributed by atoms with Gasteiger partial charge in [0.05, 0.1) is 6.61 Å². The molecule has 168 valence electrons. The van der Waals surface area contributed by atoms with Crippen LogP contribution in [0, 0.1) is 0 Å². The number of hydrogen-bond acceptors (Lipinski definition) is 8. The van der Waals surface area contributed by atoms with E-state index >= 15 is 0 Å². The molecule has 2 aromatic heterocycles. The van der Waals surface area contributed by atoms with Crippen LogP contribution in [-0.4, -0.2) is 39.1 Å². The summed E-state index contributed by atoms with van der Waals surface area (Å²) in [5, 5.41) is 8.62. The maximum atomic E-state index is 11.3. The topological polar surface area (TPSA) is 146 Å². The van der Waals surface area contributed by atoms with E-state index < -0.39 is 11.9 Å². The van der Waals surface area contributed by atoms with Crippen molar-refractivity contribution in [1.82, 2.24) is 9.97 Å². The number of carbonyl (C=O) groups excluding carboxylic acids is 1. The molecular formula is C23H23N2NaO7. The molecule has 4 aromatic rings. The van der Waals surface area contributed by atoms with Crippen molar-refractivity contribution in [1.29, 1.82) is 0 Å². The fourth-order valence-electron chi connectivity index (χ4n) is 2.37. The Morgan fingerprint density at radius 1 is 0.848 bits per heavy atom. The summed E-state index contributed by atoms with van der Waals surface area (Å²) in [4.78, 5) is 29.7. The number of carboxylic acids is 1. The van der Waals surface area contributed by atoms with E-state index in [9.17, 15) is 9.59 Å². The molecule has 9 nitrogen and oxygen atoms in total. The Kier molecular flexibility index (Phi) is 13.3. The molecule has 0 aliphatic heterocycles. The molecule has 0 radical (unpaired) electrons. The Hall–Kier alpha value is -3.24. The molecule has 33 heavy (non-hydrogen) atoms. The van der Waals surface area contributed by atoms with Gasteiger partial charge < -0.3 is 24.2 Å². The molecular weight excluding hydrogens is 439 g/mol. The van der Waals surface area contributed by atoms with Gasteiger partial charge in [-0.2, -0.15) is 0 Å². The molecule has 2 aromatic carbocycles. The molecule has 0 spiro atoms. The zero-order valence-corrected chi connectivity index (χ0v) is 19.5. The summed E-state index contributed by atoms with van der Waals surface area (Å²) < 4.78 is 15.0. The molecule has 0 fully saturated rings. The number of benzene rings is 2. The van der Waals surface area contributed by atoms with Crippen LogP contribution >= 0.6 is 0 Å². The Bertz CT molecular complexity index is 1110. The van der Waals surface area contributed by atoms with E-state index in [1.165, 1.54) is 6.26 Å². The van der Waals surface area contributed by atoms with Crippen molar-refractivity contribution in [3.63, 3.8) is 0 Å². The number of oxazole rings is 2. The van der Waals surface area contributed by atoms with Crippen LogP contribution in [0.25, 0.3) is 22.9 Å². The van der Waals surface area contributed by atoms with E-state index in [4.69, 9.17) is 18.7 Å². The third-order valence-corrected chi connectivity index (χ3v) is 3.75. The average molecular weight is 462 g/mol. The maximum Gasteiger partial charge on any atom is 1.00 e. The first kappa shape index (κ1) is 29.8. The smallest absolute Gasteiger partial charge is 0.870 e. The number of aromatic carboxylic acids is 1. The van der Waals surface area contributed by atoms with Crippen LogP contribution in [0.3, 0.4) is 0 Å². The van der Waals surface area contributed by atoms with Gasteiger partial charge in [0, 0.05) is 11.1 Å². The molecule has 0 saturated carbocycles. The standard InChI is InChI=1S/C12H11NO3.C10H7NO3.CH4.Na.H2O/c1-2-15-12(14)10-8-16-11(13-10)9-6-4-3-5-7-9;12-10(13)8-6-14-9(11-8)7-4-2-1-3-5-7;;;/h3-8H,2H2,1H3;1-6H,(H,12,13);1H4;;1H2/q;;;+1;/p-1. The second-order valence-corrected chi connectivity index (χ2v) is 5.83. The second-order valence-electron chi connectivity index (χ2n) is 5.83. The second kappa shape index (κ2) is 14.8. The number of esters is 1. The van der Waals surface area contributed by atoms with E-state index in [1.54, 1.807) is 19.1 Å². The summed E-state index contributed by atoms with van der Waals surface area (Å²) in [5.74, 6) is -0.809. The molecule has 0 bridgehead atoms. The number of carbonyl (C=O) groups is 2. The van der Waals surface area contributed by atoms with Gasteiger partial charge in [0.2, 0.25) is 11.8 Å². The molecule has 4 rings (SSSR count). The zero-order valence-electron chi connectivity index (χ0n) is 17.5. The van der Waals surface area contributed by atoms with Crippen LogP contribution in [-0.2, 0) is 4.74 Å². The third-order valence-electron chi connectivity index (χ3n) is 3.75. The number of carboxylic acid groups (broad SMARTS) is 1. The van der Waals surface area contributed by atoms with Gasteiger partial charge in [-0.3, -0.25) is 0 Å². The third kappa shape index (κ3) is 8.32. The molecule has 10 heteroatoms. The van der Waals surface area contributed by atoms with Gasteiger partial charge >= 0.3 is 41.5 Å². The van der Waals surface area contributed by atoms with Crippen molar-refractivity contribution in [3.8, 4) is 22.9 Å². The van der Waals surface area contributed by atoms with Crippen molar-refractivity contribution >= 4 is 11.9 Å². The molecule has 2 heterocycles. The molecule has 0 aliphatic rings. The summed E-state index contributed by atoms with van der Waals surface area (Å²) in [7, 11) is 0. The molecule has 0 atom stereocenters. The molecule has 0 amide bonds. The predicted molar refractivity (Wildman–Crippen MR) is 115 cm³/mol. The largest absolute Gasteiger partial charge is 1.00 e. The van der Waals surface area contributed by atoms with Gasteiger partial charge in [0.1, 0.15) is 12.5 Å². The fourth-order valence-corrected chi connectivity index (χ4v) is 2.37. The van der Waals surface area contributed by atoms with Crippen LogP contribution < -0.4 is 29.6 Å². The average Bonchev–Trinajstić information content (AvgIpc) is 3.46. The Morgan fingerprint density at radius 2 is 1.27 bits per heavy atom. The summed E-state index contributed by atoms with van der Waals surface area (Å²) in [6.45, 7) is 2.07. The van der Waals surface area contributed by atoms with Gasteiger partial charge in [-0.1, -0.05) is 43.8 Å². The van der Waals surface area contributed by atoms with Crippen LogP contribution in [0.2, 0.25) is 0 Å². The van der Waals surface area contributed by atoms with E-state index in [2.05, 4.69) is 9.97 Å². The first-order valence-corrected chi connectivity index (χ1v) is 9.00. The van der Waals surface area contributed by atoms with Gasteiger partial charge in [-0.05, 0) is 31.2 Å². The first-order valence-electron chi connectivity index (χ1n) is 9.00. The Morgan fingerprint density at radius 3 is 1.67 bits per heavy atom. The quantitative estimate of drug-likeness (QED) is 0.348. The molecule has 0 saturated heterocycles. The number of rotatable bonds is 5. The normalized spacial score (nSPS) is 9.12. The minimum atomic E-state index is -1.09. The zero-order chi connectivity index (χ0) is 21.3. The predicted octanol–water partition coefficient (Wildman–Crippen LogP) is 2.02. The van der Waals surface area contributed by atoms with E-state index in [0.717, 1.165) is 17.4 Å². The minimum Gasteiger partial charge on any atom is -0.870 e. The van der Waals surface area contributed by atoms with Crippen LogP contribution in [0.5, 0.6) is 0 Å². The molecule has 0 unspecified atom stereocenters. The molecule has 2 N–H and O–H groups in total. The van der Waals surface area contributed by atoms with E-state index in [1.807, 2.05) is 48.5 Å². The minimum absolute atomic E-state index is 0. The number of hydrogen-bond donors (Lipinski definition) is 1. The number of ether oxygens (including phenoxy) is 1. The van der Waals surface area contributed by atoms with Gasteiger partial charge in [0.15, 0.2) is 11.4 Å². The Balaban J connectivity index is 0.000000573. The summed E-state index contributed by atoms with van der Waals surface area (Å²) in [5.41, 5.74) is 1.71. The maximum absolute atomic E-state index is 11.3. The monoisotopic (exact) mass is 462 g/mol. The van der Waals surface area contributed by atoms with Crippen molar-refractivity contribution in [2.45, 2.75) is 14.4 Å². The van der Waals surface area contributed by atoms with Crippen molar-refractivity contribution in [3.05, 3.63) is 84.6 Å². The fraction of sp³-hybridized carbons (Fsp3) is 0.130. The summed E-state index contributed by atoms with van der Waals surface area (Å²) >= 11 is 0.